The Morgan fingerprint density at radius 1 is 0.476 bits per heavy atom. The Morgan fingerprint density at radius 2 is 0.857 bits per heavy atom. The number of rotatable bonds is 12. The lowest BCUT2D eigenvalue weighted by atomic mass is 10.0. The molecule has 0 aromatic heterocycles. The standard InChI is InChI=1S/C21H26N4O3.C13H10O/c22-20(27)23-14-6-1-2-7-15-24-21(28)25-18-12-10-17(11-13-18)19(26)16-8-4-3-5-9-16;14-13(11-7-3-1-4-8-11)12-9-5-2-6-10-12/h3-5,8-13H,1-2,6-7,14-15H2,(H3,22,23,27)(H2,24,25,28);1-10H. The zero-order valence-electron chi connectivity index (χ0n) is 23.4. The average Bonchev–Trinajstić information content (AvgIpc) is 3.03. The normalized spacial score (nSPS) is 10.0. The van der Waals surface area contributed by atoms with Gasteiger partial charge in [-0.2, -0.15) is 0 Å². The summed E-state index contributed by atoms with van der Waals surface area (Å²) in [7, 11) is 0. The molecule has 4 rings (SSSR count). The van der Waals surface area contributed by atoms with E-state index in [1.54, 1.807) is 36.4 Å². The number of nitrogens with two attached hydrogens (primary N) is 1. The summed E-state index contributed by atoms with van der Waals surface area (Å²) in [6.07, 6.45) is 3.63. The first-order valence-corrected chi connectivity index (χ1v) is 13.9. The van der Waals surface area contributed by atoms with E-state index in [2.05, 4.69) is 16.0 Å². The van der Waals surface area contributed by atoms with E-state index >= 15 is 0 Å². The van der Waals surface area contributed by atoms with E-state index < -0.39 is 6.03 Å². The summed E-state index contributed by atoms with van der Waals surface area (Å²) in [5.41, 5.74) is 8.28. The highest BCUT2D eigenvalue weighted by atomic mass is 16.2. The maximum absolute atomic E-state index is 12.4. The minimum absolute atomic E-state index is 0.0531. The first kappa shape index (κ1) is 31.3. The van der Waals surface area contributed by atoms with E-state index in [9.17, 15) is 19.2 Å². The molecular weight excluding hydrogens is 528 g/mol. The van der Waals surface area contributed by atoms with Crippen LogP contribution in [-0.2, 0) is 0 Å². The number of anilines is 1. The Kier molecular flexibility index (Phi) is 13.0. The third-order valence-corrected chi connectivity index (χ3v) is 6.20. The fraction of sp³-hybridized carbons (Fsp3) is 0.176. The highest BCUT2D eigenvalue weighted by molar-refractivity contribution is 6.09. The Balaban J connectivity index is 0.000000287. The van der Waals surface area contributed by atoms with Crippen LogP contribution in [0.4, 0.5) is 15.3 Å². The number of benzene rings is 4. The van der Waals surface area contributed by atoms with Gasteiger partial charge in [0.2, 0.25) is 0 Å². The summed E-state index contributed by atoms with van der Waals surface area (Å²) in [5.74, 6) is 0.0221. The van der Waals surface area contributed by atoms with Crippen molar-refractivity contribution >= 4 is 29.3 Å². The minimum atomic E-state index is -0.504. The molecule has 0 heterocycles. The Bertz CT molecular complexity index is 1370. The number of amides is 4. The molecule has 0 aliphatic rings. The maximum atomic E-state index is 12.4. The molecule has 0 bridgehead atoms. The van der Waals surface area contributed by atoms with Crippen molar-refractivity contribution in [1.82, 2.24) is 10.6 Å². The molecule has 8 nitrogen and oxygen atoms in total. The highest BCUT2D eigenvalue weighted by Crippen LogP contribution is 2.14. The predicted octanol–water partition coefficient (Wildman–Crippen LogP) is 6.19. The van der Waals surface area contributed by atoms with E-state index in [1.165, 1.54) is 0 Å². The van der Waals surface area contributed by atoms with Crippen LogP contribution in [0.5, 0.6) is 0 Å². The lowest BCUT2D eigenvalue weighted by Gasteiger charge is -2.08. The minimum Gasteiger partial charge on any atom is -0.352 e. The van der Waals surface area contributed by atoms with Crippen molar-refractivity contribution in [3.63, 3.8) is 0 Å². The van der Waals surface area contributed by atoms with E-state index in [-0.39, 0.29) is 17.6 Å². The molecular formula is C34H36N4O4. The van der Waals surface area contributed by atoms with Gasteiger partial charge in [0.25, 0.3) is 0 Å². The molecule has 4 amide bonds. The van der Waals surface area contributed by atoms with Gasteiger partial charge < -0.3 is 21.7 Å². The second-order valence-electron chi connectivity index (χ2n) is 9.42. The Morgan fingerprint density at radius 3 is 1.26 bits per heavy atom. The summed E-state index contributed by atoms with van der Waals surface area (Å²) in [5, 5.41) is 8.09. The van der Waals surface area contributed by atoms with Crippen LogP contribution in [0, 0.1) is 0 Å². The van der Waals surface area contributed by atoms with Crippen LogP contribution in [0.25, 0.3) is 0 Å². The monoisotopic (exact) mass is 564 g/mol. The molecule has 42 heavy (non-hydrogen) atoms. The Labute approximate surface area is 246 Å². The summed E-state index contributed by atoms with van der Waals surface area (Å²) in [6, 6.07) is 33.7. The van der Waals surface area contributed by atoms with Gasteiger partial charge in [-0.3, -0.25) is 9.59 Å². The lowest BCUT2D eigenvalue weighted by molar-refractivity contribution is 0.103. The molecule has 8 heteroatoms. The summed E-state index contributed by atoms with van der Waals surface area (Å²) < 4.78 is 0. The molecule has 0 unspecified atom stereocenters. The zero-order valence-corrected chi connectivity index (χ0v) is 23.4. The number of carbonyl (C=O) groups is 4. The van der Waals surface area contributed by atoms with Crippen LogP contribution in [0.1, 0.15) is 57.5 Å². The quantitative estimate of drug-likeness (QED) is 0.121. The van der Waals surface area contributed by atoms with E-state index in [0.717, 1.165) is 36.8 Å². The van der Waals surface area contributed by atoms with Crippen molar-refractivity contribution in [2.24, 2.45) is 5.73 Å². The van der Waals surface area contributed by atoms with Crippen molar-refractivity contribution in [2.45, 2.75) is 25.7 Å². The molecule has 4 aromatic carbocycles. The number of carbonyl (C=O) groups excluding carboxylic acids is 4. The molecule has 0 atom stereocenters. The molecule has 0 aliphatic heterocycles. The van der Waals surface area contributed by atoms with Crippen LogP contribution in [0.2, 0.25) is 0 Å². The molecule has 0 spiro atoms. The number of nitrogens with one attached hydrogen (secondary N) is 3. The SMILES string of the molecule is NC(=O)NCCCCCCNC(=O)Nc1ccc(C(=O)c2ccccc2)cc1.O=C(c1ccccc1)c1ccccc1. The van der Waals surface area contributed by atoms with E-state index in [1.807, 2.05) is 78.9 Å². The largest absolute Gasteiger partial charge is 0.352 e. The molecule has 4 aromatic rings. The number of urea groups is 2. The second-order valence-corrected chi connectivity index (χ2v) is 9.42. The number of ketones is 2. The van der Waals surface area contributed by atoms with Gasteiger partial charge in [-0.05, 0) is 37.1 Å². The number of hydrogen-bond acceptors (Lipinski definition) is 4. The van der Waals surface area contributed by atoms with Gasteiger partial charge in [0, 0.05) is 41.0 Å². The summed E-state index contributed by atoms with van der Waals surface area (Å²) in [6.45, 7) is 1.14. The lowest BCUT2D eigenvalue weighted by Crippen LogP contribution is -2.30. The van der Waals surface area contributed by atoms with Crippen molar-refractivity contribution < 1.29 is 19.2 Å². The fourth-order valence-electron chi connectivity index (χ4n) is 4.00. The number of primary amides is 1. The van der Waals surface area contributed by atoms with Crippen molar-refractivity contribution in [3.05, 3.63) is 138 Å². The van der Waals surface area contributed by atoms with E-state index in [0.29, 0.717) is 29.9 Å². The topological polar surface area (TPSA) is 130 Å². The van der Waals surface area contributed by atoms with Gasteiger partial charge in [-0.1, -0.05) is 104 Å². The van der Waals surface area contributed by atoms with Crippen LogP contribution in [-0.4, -0.2) is 36.7 Å². The summed E-state index contributed by atoms with van der Waals surface area (Å²) in [4.78, 5) is 46.6. The number of unbranched alkanes of at least 4 members (excludes halogenated alkanes) is 3. The van der Waals surface area contributed by atoms with Crippen LogP contribution >= 0.6 is 0 Å². The van der Waals surface area contributed by atoms with Gasteiger partial charge >= 0.3 is 12.1 Å². The predicted molar refractivity (Wildman–Crippen MR) is 166 cm³/mol. The average molecular weight is 565 g/mol. The third kappa shape index (κ3) is 11.1. The smallest absolute Gasteiger partial charge is 0.319 e. The van der Waals surface area contributed by atoms with Gasteiger partial charge in [-0.25, -0.2) is 9.59 Å². The molecule has 5 N–H and O–H groups in total. The van der Waals surface area contributed by atoms with E-state index in [4.69, 9.17) is 5.73 Å². The molecule has 0 aliphatic carbocycles. The van der Waals surface area contributed by atoms with Gasteiger partial charge in [0.15, 0.2) is 11.6 Å². The van der Waals surface area contributed by atoms with Crippen LogP contribution < -0.4 is 21.7 Å². The first-order chi connectivity index (χ1) is 20.4. The zero-order chi connectivity index (χ0) is 30.0. The van der Waals surface area contributed by atoms with Crippen molar-refractivity contribution in [1.29, 1.82) is 0 Å². The Hall–Kier alpha value is -5.24. The first-order valence-electron chi connectivity index (χ1n) is 13.9. The molecule has 0 saturated carbocycles. The van der Waals surface area contributed by atoms with Crippen molar-refractivity contribution in [2.75, 3.05) is 18.4 Å². The van der Waals surface area contributed by atoms with Gasteiger partial charge in [-0.15, -0.1) is 0 Å². The summed E-state index contributed by atoms with van der Waals surface area (Å²) >= 11 is 0. The molecule has 0 fully saturated rings. The maximum Gasteiger partial charge on any atom is 0.319 e. The molecule has 0 radical (unpaired) electrons. The van der Waals surface area contributed by atoms with Gasteiger partial charge in [0.05, 0.1) is 0 Å². The van der Waals surface area contributed by atoms with Gasteiger partial charge in [0.1, 0.15) is 0 Å². The molecule has 216 valence electrons. The molecule has 0 saturated heterocycles. The number of hydrogen-bond donors (Lipinski definition) is 4. The van der Waals surface area contributed by atoms with Crippen molar-refractivity contribution in [3.8, 4) is 0 Å². The second kappa shape index (κ2) is 17.5. The van der Waals surface area contributed by atoms with Crippen LogP contribution in [0.15, 0.2) is 115 Å². The third-order valence-electron chi connectivity index (χ3n) is 6.20. The fourth-order valence-corrected chi connectivity index (χ4v) is 4.00. The highest BCUT2D eigenvalue weighted by Gasteiger charge is 2.09. The van der Waals surface area contributed by atoms with Crippen LogP contribution in [0.3, 0.4) is 0 Å².